The topological polar surface area (TPSA) is 28.4 Å². The lowest BCUT2D eigenvalue weighted by molar-refractivity contribution is 0.303. The molecule has 0 aliphatic rings. The van der Waals surface area contributed by atoms with Crippen LogP contribution in [0.2, 0.25) is 0 Å². The summed E-state index contributed by atoms with van der Waals surface area (Å²) in [5, 5.41) is 5.90. The zero-order chi connectivity index (χ0) is 15.4. The number of furan rings is 1. The lowest BCUT2D eigenvalue weighted by Crippen LogP contribution is -2.25. The Morgan fingerprint density at radius 3 is 2.55 bits per heavy atom. The number of benzene rings is 2. The van der Waals surface area contributed by atoms with E-state index in [1.165, 1.54) is 10.8 Å². The summed E-state index contributed by atoms with van der Waals surface area (Å²) >= 11 is 0. The maximum absolute atomic E-state index is 6.03. The quantitative estimate of drug-likeness (QED) is 0.639. The second-order valence-electron chi connectivity index (χ2n) is 5.59. The van der Waals surface area contributed by atoms with Gasteiger partial charge in [-0.3, -0.25) is 0 Å². The van der Waals surface area contributed by atoms with Gasteiger partial charge in [0.1, 0.15) is 5.58 Å². The fourth-order valence-electron chi connectivity index (χ4n) is 2.95. The highest BCUT2D eigenvalue weighted by Gasteiger charge is 2.09. The third-order valence-corrected chi connectivity index (χ3v) is 4.27. The van der Waals surface area contributed by atoms with Crippen molar-refractivity contribution in [3.8, 4) is 0 Å². The number of para-hydroxylation sites is 2. The Labute approximate surface area is 131 Å². The molecule has 0 aliphatic heterocycles. The highest BCUT2D eigenvalue weighted by atomic mass is 16.3. The molecule has 3 aromatic rings. The molecule has 1 N–H and O–H groups in total. The van der Waals surface area contributed by atoms with Crippen LogP contribution in [0, 0.1) is 0 Å². The van der Waals surface area contributed by atoms with E-state index in [1.807, 2.05) is 12.1 Å². The summed E-state index contributed by atoms with van der Waals surface area (Å²) in [7, 11) is 0. The van der Waals surface area contributed by atoms with E-state index in [1.54, 1.807) is 0 Å². The van der Waals surface area contributed by atoms with E-state index in [0.717, 1.165) is 49.5 Å². The van der Waals surface area contributed by atoms with Crippen molar-refractivity contribution in [2.75, 3.05) is 31.5 Å². The fourth-order valence-corrected chi connectivity index (χ4v) is 2.95. The largest absolute Gasteiger partial charge is 0.454 e. The second kappa shape index (κ2) is 6.84. The van der Waals surface area contributed by atoms with Crippen molar-refractivity contribution in [2.24, 2.45) is 0 Å². The minimum Gasteiger partial charge on any atom is -0.454 e. The zero-order valence-corrected chi connectivity index (χ0v) is 13.4. The predicted octanol–water partition coefficient (Wildman–Crippen LogP) is 4.73. The predicted molar refractivity (Wildman–Crippen MR) is 94.6 cm³/mol. The molecule has 0 bridgehead atoms. The average Bonchev–Trinajstić information content (AvgIpc) is 2.94. The van der Waals surface area contributed by atoms with Gasteiger partial charge in [0.05, 0.1) is 5.69 Å². The Balaban J connectivity index is 1.74. The number of anilines is 1. The summed E-state index contributed by atoms with van der Waals surface area (Å²) in [6.45, 7) is 8.77. The van der Waals surface area contributed by atoms with Crippen LogP contribution in [-0.2, 0) is 0 Å². The normalized spacial score (nSPS) is 11.6. The molecule has 1 aromatic heterocycles. The van der Waals surface area contributed by atoms with Crippen LogP contribution in [0.4, 0.5) is 5.69 Å². The molecule has 0 fully saturated rings. The Morgan fingerprint density at radius 2 is 1.73 bits per heavy atom. The molecule has 3 nitrogen and oxygen atoms in total. The van der Waals surface area contributed by atoms with Crippen LogP contribution in [0.15, 0.2) is 46.9 Å². The van der Waals surface area contributed by atoms with Gasteiger partial charge in [-0.2, -0.15) is 0 Å². The molecule has 3 heteroatoms. The van der Waals surface area contributed by atoms with Gasteiger partial charge in [-0.25, -0.2) is 0 Å². The summed E-state index contributed by atoms with van der Waals surface area (Å²) in [5.41, 5.74) is 3.01. The first-order chi connectivity index (χ1) is 10.8. The molecule has 0 aliphatic carbocycles. The summed E-state index contributed by atoms with van der Waals surface area (Å²) in [5.74, 6) is 0. The summed E-state index contributed by atoms with van der Waals surface area (Å²) in [6, 6.07) is 14.5. The van der Waals surface area contributed by atoms with Crippen molar-refractivity contribution >= 4 is 27.6 Å². The molecule has 3 rings (SSSR count). The van der Waals surface area contributed by atoms with E-state index < -0.39 is 0 Å². The molecule has 22 heavy (non-hydrogen) atoms. The number of fused-ring (bicyclic) bond motifs is 3. The first-order valence-electron chi connectivity index (χ1n) is 8.20. The highest BCUT2D eigenvalue weighted by molar-refractivity contribution is 6.08. The summed E-state index contributed by atoms with van der Waals surface area (Å²) in [4.78, 5) is 2.45. The van der Waals surface area contributed by atoms with Gasteiger partial charge in [-0.15, -0.1) is 0 Å². The van der Waals surface area contributed by atoms with Gasteiger partial charge < -0.3 is 14.6 Å². The Morgan fingerprint density at radius 1 is 0.955 bits per heavy atom. The molecule has 0 atom stereocenters. The van der Waals surface area contributed by atoms with Crippen LogP contribution >= 0.6 is 0 Å². The molecule has 0 amide bonds. The van der Waals surface area contributed by atoms with E-state index >= 15 is 0 Å². The monoisotopic (exact) mass is 296 g/mol. The standard InChI is InChI=1S/C19H24N2O/c1-3-21(4-2)14-8-13-20-17-11-7-10-16-15-9-5-6-12-18(15)22-19(16)17/h5-7,9-12,20H,3-4,8,13-14H2,1-2H3. The molecule has 1 heterocycles. The Kier molecular flexibility index (Phi) is 4.64. The van der Waals surface area contributed by atoms with Crippen LogP contribution in [0.3, 0.4) is 0 Å². The number of nitrogens with one attached hydrogen (secondary N) is 1. The van der Waals surface area contributed by atoms with Crippen molar-refractivity contribution in [1.82, 2.24) is 4.90 Å². The van der Waals surface area contributed by atoms with Gasteiger partial charge in [-0.05, 0) is 38.2 Å². The second-order valence-corrected chi connectivity index (χ2v) is 5.59. The van der Waals surface area contributed by atoms with Crippen LogP contribution < -0.4 is 5.32 Å². The molecule has 0 saturated heterocycles. The van der Waals surface area contributed by atoms with Crippen LogP contribution in [0.1, 0.15) is 20.3 Å². The zero-order valence-electron chi connectivity index (χ0n) is 13.4. The summed E-state index contributed by atoms with van der Waals surface area (Å²) < 4.78 is 6.03. The molecule has 2 aromatic carbocycles. The van der Waals surface area contributed by atoms with Crippen molar-refractivity contribution in [3.63, 3.8) is 0 Å². The SMILES string of the molecule is CCN(CC)CCCNc1cccc2c1oc1ccccc12. The van der Waals surface area contributed by atoms with Gasteiger partial charge in [0, 0.05) is 17.3 Å². The fraction of sp³-hybridized carbons (Fsp3) is 0.368. The molecule has 0 radical (unpaired) electrons. The van der Waals surface area contributed by atoms with E-state index in [-0.39, 0.29) is 0 Å². The van der Waals surface area contributed by atoms with E-state index in [4.69, 9.17) is 4.42 Å². The summed E-state index contributed by atoms with van der Waals surface area (Å²) in [6.07, 6.45) is 1.14. The van der Waals surface area contributed by atoms with E-state index in [2.05, 4.69) is 54.4 Å². The number of nitrogens with zero attached hydrogens (tertiary/aromatic N) is 1. The van der Waals surface area contributed by atoms with Gasteiger partial charge >= 0.3 is 0 Å². The van der Waals surface area contributed by atoms with Crippen LogP contribution in [0.25, 0.3) is 21.9 Å². The minimum atomic E-state index is 0.954. The molecule has 0 spiro atoms. The van der Waals surface area contributed by atoms with Crippen molar-refractivity contribution in [2.45, 2.75) is 20.3 Å². The van der Waals surface area contributed by atoms with Gasteiger partial charge in [0.15, 0.2) is 5.58 Å². The average molecular weight is 296 g/mol. The van der Waals surface area contributed by atoms with E-state index in [9.17, 15) is 0 Å². The number of hydrogen-bond acceptors (Lipinski definition) is 3. The molecular formula is C19H24N2O. The van der Waals surface area contributed by atoms with Crippen LogP contribution in [0.5, 0.6) is 0 Å². The molecule has 116 valence electrons. The van der Waals surface area contributed by atoms with Gasteiger partial charge in [0.25, 0.3) is 0 Å². The molecule has 0 unspecified atom stereocenters. The maximum Gasteiger partial charge on any atom is 0.158 e. The first-order valence-corrected chi connectivity index (χ1v) is 8.20. The third-order valence-electron chi connectivity index (χ3n) is 4.27. The lowest BCUT2D eigenvalue weighted by atomic mass is 10.1. The maximum atomic E-state index is 6.03. The van der Waals surface area contributed by atoms with Crippen molar-refractivity contribution < 1.29 is 4.42 Å². The third kappa shape index (κ3) is 2.95. The first kappa shape index (κ1) is 14.9. The smallest absolute Gasteiger partial charge is 0.158 e. The Hall–Kier alpha value is -2.00. The Bertz CT molecular complexity index is 743. The highest BCUT2D eigenvalue weighted by Crippen LogP contribution is 2.32. The van der Waals surface area contributed by atoms with Crippen molar-refractivity contribution in [1.29, 1.82) is 0 Å². The van der Waals surface area contributed by atoms with E-state index in [0.29, 0.717) is 0 Å². The van der Waals surface area contributed by atoms with Crippen molar-refractivity contribution in [3.05, 3.63) is 42.5 Å². The molecular weight excluding hydrogens is 272 g/mol. The molecule has 0 saturated carbocycles. The lowest BCUT2D eigenvalue weighted by Gasteiger charge is -2.17. The van der Waals surface area contributed by atoms with Gasteiger partial charge in [0.2, 0.25) is 0 Å². The number of rotatable bonds is 7. The van der Waals surface area contributed by atoms with Gasteiger partial charge in [-0.1, -0.05) is 44.2 Å². The van der Waals surface area contributed by atoms with Crippen LogP contribution in [-0.4, -0.2) is 31.1 Å². The number of hydrogen-bond donors (Lipinski definition) is 1. The minimum absolute atomic E-state index is 0.954.